The topological polar surface area (TPSA) is 70.6 Å². The minimum Gasteiger partial charge on any atom is -0.497 e. The van der Waals surface area contributed by atoms with Crippen LogP contribution < -0.4 is 23.8 Å². The molecule has 4 heterocycles. The minimum atomic E-state index is 0.0705. The maximum atomic E-state index is 6.38. The number of anilines is 1. The van der Waals surface area contributed by atoms with Crippen LogP contribution in [0.4, 0.5) is 5.69 Å². The summed E-state index contributed by atoms with van der Waals surface area (Å²) in [5.41, 5.74) is 2.60. The normalized spacial score (nSPS) is 13.9. The molecule has 0 spiro atoms. The summed E-state index contributed by atoms with van der Waals surface area (Å²) in [5.74, 6) is 2.96. The Balaban J connectivity index is 1.25. The highest BCUT2D eigenvalue weighted by Crippen LogP contribution is 2.39. The van der Waals surface area contributed by atoms with Gasteiger partial charge in [0, 0.05) is 24.0 Å². The van der Waals surface area contributed by atoms with Crippen LogP contribution in [-0.2, 0) is 0 Å². The Hall–Kier alpha value is -3.85. The lowest BCUT2D eigenvalue weighted by atomic mass is 10.1. The number of imidazole rings is 1. The molecule has 3 aromatic heterocycles. The average Bonchev–Trinajstić information content (AvgIpc) is 3.53. The van der Waals surface area contributed by atoms with E-state index in [0.29, 0.717) is 17.1 Å². The van der Waals surface area contributed by atoms with Gasteiger partial charge in [-0.15, -0.1) is 0 Å². The molecule has 0 radical (unpaired) electrons. The maximum Gasteiger partial charge on any atom is 0.197 e. The SMILES string of the molecule is COc1ccc(N2CC(Oc3cc(OC)cc4oc(-c5cn6cc(OC)sc6n5)cc34)C2)cc1. The summed E-state index contributed by atoms with van der Waals surface area (Å²) in [6.07, 6.45) is 3.91. The predicted octanol–water partition coefficient (Wildman–Crippen LogP) is 5.10. The summed E-state index contributed by atoms with van der Waals surface area (Å²) in [6.45, 7) is 1.60. The third kappa shape index (κ3) is 3.58. The molecule has 6 rings (SSSR count). The molecule has 9 heteroatoms. The minimum absolute atomic E-state index is 0.0705. The van der Waals surface area contributed by atoms with Gasteiger partial charge in [-0.05, 0) is 30.3 Å². The molecule has 174 valence electrons. The van der Waals surface area contributed by atoms with Crippen LogP contribution in [0.15, 0.2) is 59.3 Å². The van der Waals surface area contributed by atoms with Gasteiger partial charge in [0.2, 0.25) is 0 Å². The van der Waals surface area contributed by atoms with E-state index >= 15 is 0 Å². The zero-order valence-electron chi connectivity index (χ0n) is 19.0. The number of benzene rings is 2. The molecule has 1 aliphatic heterocycles. The number of fused-ring (bicyclic) bond motifs is 2. The summed E-state index contributed by atoms with van der Waals surface area (Å²) < 4.78 is 30.5. The van der Waals surface area contributed by atoms with Crippen LogP contribution in [0.1, 0.15) is 0 Å². The summed E-state index contributed by atoms with van der Waals surface area (Å²) in [5, 5.41) is 1.70. The molecule has 1 saturated heterocycles. The number of hydrogen-bond donors (Lipinski definition) is 0. The van der Waals surface area contributed by atoms with E-state index in [4.69, 9.17) is 23.4 Å². The van der Waals surface area contributed by atoms with Crippen molar-refractivity contribution in [3.63, 3.8) is 0 Å². The third-order valence-electron chi connectivity index (χ3n) is 5.98. The van der Waals surface area contributed by atoms with Gasteiger partial charge in [0.05, 0.1) is 46.0 Å². The molecule has 0 saturated carbocycles. The average molecular weight is 478 g/mol. The van der Waals surface area contributed by atoms with E-state index in [1.807, 2.05) is 47.1 Å². The van der Waals surface area contributed by atoms with E-state index in [9.17, 15) is 0 Å². The molecule has 8 nitrogen and oxygen atoms in total. The fourth-order valence-corrected chi connectivity index (χ4v) is 4.89. The first-order valence-corrected chi connectivity index (χ1v) is 11.7. The quantitative estimate of drug-likeness (QED) is 0.323. The molecule has 2 aromatic carbocycles. The molecule has 0 unspecified atom stereocenters. The predicted molar refractivity (Wildman–Crippen MR) is 131 cm³/mol. The molecule has 34 heavy (non-hydrogen) atoms. The summed E-state index contributed by atoms with van der Waals surface area (Å²) in [4.78, 5) is 7.80. The van der Waals surface area contributed by atoms with E-state index in [0.717, 1.165) is 51.4 Å². The van der Waals surface area contributed by atoms with Crippen molar-refractivity contribution in [3.05, 3.63) is 54.9 Å². The van der Waals surface area contributed by atoms with Crippen LogP contribution in [0.5, 0.6) is 22.3 Å². The monoisotopic (exact) mass is 477 g/mol. The molecule has 0 amide bonds. The van der Waals surface area contributed by atoms with E-state index in [-0.39, 0.29) is 6.10 Å². The molecule has 0 bridgehead atoms. The van der Waals surface area contributed by atoms with Gasteiger partial charge in [-0.25, -0.2) is 4.98 Å². The van der Waals surface area contributed by atoms with Crippen molar-refractivity contribution in [2.24, 2.45) is 0 Å². The Morgan fingerprint density at radius 2 is 1.74 bits per heavy atom. The maximum absolute atomic E-state index is 6.38. The van der Waals surface area contributed by atoms with Crippen molar-refractivity contribution in [2.45, 2.75) is 6.10 Å². The van der Waals surface area contributed by atoms with Gasteiger partial charge in [-0.1, -0.05) is 11.3 Å². The highest BCUT2D eigenvalue weighted by molar-refractivity contribution is 7.18. The Morgan fingerprint density at radius 3 is 2.44 bits per heavy atom. The lowest BCUT2D eigenvalue weighted by Gasteiger charge is -2.40. The van der Waals surface area contributed by atoms with Crippen LogP contribution in [-0.4, -0.2) is 49.9 Å². The zero-order chi connectivity index (χ0) is 23.2. The number of methoxy groups -OCH3 is 3. The highest BCUT2D eigenvalue weighted by Gasteiger charge is 2.30. The molecule has 0 N–H and O–H groups in total. The van der Waals surface area contributed by atoms with Crippen LogP contribution in [0, 0.1) is 0 Å². The zero-order valence-corrected chi connectivity index (χ0v) is 19.8. The molecule has 0 aliphatic carbocycles. The van der Waals surface area contributed by atoms with Gasteiger partial charge >= 0.3 is 0 Å². The largest absolute Gasteiger partial charge is 0.497 e. The number of nitrogens with zero attached hydrogens (tertiary/aromatic N) is 3. The van der Waals surface area contributed by atoms with Gasteiger partial charge in [-0.2, -0.15) is 0 Å². The lowest BCUT2D eigenvalue weighted by molar-refractivity contribution is 0.169. The number of ether oxygens (including phenoxy) is 4. The van der Waals surface area contributed by atoms with Crippen LogP contribution in [0.3, 0.4) is 0 Å². The van der Waals surface area contributed by atoms with Gasteiger partial charge < -0.3 is 28.3 Å². The molecule has 1 aliphatic rings. The van der Waals surface area contributed by atoms with Gasteiger partial charge in [0.25, 0.3) is 0 Å². The van der Waals surface area contributed by atoms with Crippen molar-refractivity contribution < 1.29 is 23.4 Å². The smallest absolute Gasteiger partial charge is 0.197 e. The second-order valence-corrected chi connectivity index (χ2v) is 9.03. The standard InChI is InChI=1S/C25H23N3O5S/c1-29-16-6-4-15(5-7-16)27-11-18(12-27)32-21-8-17(30-2)9-22-19(21)10-23(33-22)20-13-28-14-24(31-3)34-25(28)26-20/h4-10,13-14,18H,11-12H2,1-3H3. The second kappa shape index (κ2) is 8.18. The fourth-order valence-electron chi connectivity index (χ4n) is 4.11. The van der Waals surface area contributed by atoms with Crippen molar-refractivity contribution in [1.82, 2.24) is 9.38 Å². The number of thiazole rings is 1. The van der Waals surface area contributed by atoms with Gasteiger partial charge in [-0.3, -0.25) is 4.40 Å². The van der Waals surface area contributed by atoms with E-state index < -0.39 is 0 Å². The summed E-state index contributed by atoms with van der Waals surface area (Å²) in [7, 11) is 4.96. The van der Waals surface area contributed by atoms with E-state index in [1.54, 1.807) is 21.3 Å². The Bertz CT molecular complexity index is 1430. The number of rotatable bonds is 7. The van der Waals surface area contributed by atoms with Crippen LogP contribution >= 0.6 is 11.3 Å². The molecular formula is C25H23N3O5S. The summed E-state index contributed by atoms with van der Waals surface area (Å²) >= 11 is 1.48. The molecule has 0 atom stereocenters. The van der Waals surface area contributed by atoms with Gasteiger partial charge in [0.1, 0.15) is 34.6 Å². The van der Waals surface area contributed by atoms with Crippen molar-refractivity contribution >= 4 is 33.0 Å². The lowest BCUT2D eigenvalue weighted by Crippen LogP contribution is -2.54. The first-order valence-electron chi connectivity index (χ1n) is 10.8. The van der Waals surface area contributed by atoms with Crippen LogP contribution in [0.2, 0.25) is 0 Å². The highest BCUT2D eigenvalue weighted by atomic mass is 32.1. The van der Waals surface area contributed by atoms with E-state index in [2.05, 4.69) is 22.0 Å². The molecule has 5 aromatic rings. The fraction of sp³-hybridized carbons (Fsp3) is 0.240. The Labute approximate surface area is 199 Å². The first kappa shape index (κ1) is 20.7. The van der Waals surface area contributed by atoms with Crippen LogP contribution in [0.25, 0.3) is 27.4 Å². The van der Waals surface area contributed by atoms with Crippen molar-refractivity contribution in [1.29, 1.82) is 0 Å². The first-order chi connectivity index (χ1) is 16.6. The number of furan rings is 1. The number of hydrogen-bond acceptors (Lipinski definition) is 8. The number of aromatic nitrogens is 2. The van der Waals surface area contributed by atoms with Crippen molar-refractivity contribution in [2.75, 3.05) is 39.3 Å². The van der Waals surface area contributed by atoms with Crippen molar-refractivity contribution in [3.8, 4) is 33.8 Å². The molecular weight excluding hydrogens is 454 g/mol. The third-order valence-corrected chi connectivity index (χ3v) is 6.93. The van der Waals surface area contributed by atoms with E-state index in [1.165, 1.54) is 11.3 Å². The molecule has 1 fully saturated rings. The second-order valence-electron chi connectivity index (χ2n) is 8.06. The van der Waals surface area contributed by atoms with Gasteiger partial charge in [0.15, 0.2) is 15.8 Å². The Morgan fingerprint density at radius 1 is 0.941 bits per heavy atom. The summed E-state index contributed by atoms with van der Waals surface area (Å²) in [6, 6.07) is 13.8. The Kier molecular flexibility index (Phi) is 4.99.